The van der Waals surface area contributed by atoms with E-state index in [0.29, 0.717) is 5.56 Å². The molecule has 0 aromatic heterocycles. The Bertz CT molecular complexity index is 676. The number of amides is 1. The fourth-order valence-corrected chi connectivity index (χ4v) is 3.18. The van der Waals surface area contributed by atoms with E-state index in [1.54, 1.807) is 19.0 Å². The van der Waals surface area contributed by atoms with E-state index in [4.69, 9.17) is 0 Å². The molecular formula is C19H21NO2. The summed E-state index contributed by atoms with van der Waals surface area (Å²) < 4.78 is 0. The number of rotatable bonds is 3. The minimum atomic E-state index is -0.390. The second-order valence-electron chi connectivity index (χ2n) is 6.21. The van der Waals surface area contributed by atoms with Crippen molar-refractivity contribution in [2.24, 2.45) is 5.92 Å². The first kappa shape index (κ1) is 14.8. The van der Waals surface area contributed by atoms with Crippen LogP contribution < -0.4 is 0 Å². The summed E-state index contributed by atoms with van der Waals surface area (Å²) in [5.41, 5.74) is 4.17. The topological polar surface area (TPSA) is 40.5 Å². The van der Waals surface area contributed by atoms with Crippen molar-refractivity contribution < 1.29 is 9.90 Å². The van der Waals surface area contributed by atoms with Gasteiger partial charge < -0.3 is 10.0 Å². The Morgan fingerprint density at radius 2 is 1.82 bits per heavy atom. The number of hydrogen-bond acceptors (Lipinski definition) is 2. The van der Waals surface area contributed by atoms with Crippen LogP contribution in [-0.2, 0) is 12.8 Å². The van der Waals surface area contributed by atoms with Gasteiger partial charge in [0.2, 0.25) is 0 Å². The molecule has 0 fully saturated rings. The highest BCUT2D eigenvalue weighted by atomic mass is 16.3. The highest BCUT2D eigenvalue weighted by molar-refractivity contribution is 5.93. The van der Waals surface area contributed by atoms with Gasteiger partial charge in [0.05, 0.1) is 6.10 Å². The van der Waals surface area contributed by atoms with Crippen LogP contribution in [0.1, 0.15) is 33.2 Å². The number of carbonyl (C=O) groups excluding carboxylic acids is 1. The van der Waals surface area contributed by atoms with E-state index >= 15 is 0 Å². The predicted molar refractivity (Wildman–Crippen MR) is 86.8 cm³/mol. The Balaban J connectivity index is 1.71. The minimum absolute atomic E-state index is 0.0138. The van der Waals surface area contributed by atoms with E-state index < -0.39 is 0 Å². The van der Waals surface area contributed by atoms with Gasteiger partial charge in [-0.3, -0.25) is 4.79 Å². The van der Waals surface area contributed by atoms with Gasteiger partial charge in [0.1, 0.15) is 0 Å². The van der Waals surface area contributed by atoms with Gasteiger partial charge in [-0.25, -0.2) is 0 Å². The first-order valence-electron chi connectivity index (χ1n) is 7.62. The molecule has 0 saturated heterocycles. The molecule has 0 spiro atoms. The molecule has 2 aromatic carbocycles. The Morgan fingerprint density at radius 1 is 1.14 bits per heavy atom. The molecule has 2 atom stereocenters. The minimum Gasteiger partial charge on any atom is -0.388 e. The van der Waals surface area contributed by atoms with Crippen molar-refractivity contribution in [2.45, 2.75) is 18.9 Å². The van der Waals surface area contributed by atoms with E-state index in [9.17, 15) is 9.90 Å². The van der Waals surface area contributed by atoms with E-state index in [0.717, 1.165) is 24.0 Å². The summed E-state index contributed by atoms with van der Waals surface area (Å²) in [6, 6.07) is 15.8. The van der Waals surface area contributed by atoms with Gasteiger partial charge in [-0.15, -0.1) is 0 Å². The molecule has 3 rings (SSSR count). The van der Waals surface area contributed by atoms with Crippen LogP contribution in [0.5, 0.6) is 0 Å². The number of nitrogens with zero attached hydrogens (tertiary/aromatic N) is 1. The molecule has 0 aliphatic heterocycles. The number of aliphatic hydroxyl groups excluding tert-OH is 1. The molecule has 22 heavy (non-hydrogen) atoms. The lowest BCUT2D eigenvalue weighted by Gasteiger charge is -2.16. The van der Waals surface area contributed by atoms with Crippen molar-refractivity contribution >= 4 is 5.91 Å². The summed E-state index contributed by atoms with van der Waals surface area (Å²) in [7, 11) is 3.50. The average molecular weight is 295 g/mol. The molecule has 1 N–H and O–H groups in total. The highest BCUT2D eigenvalue weighted by Crippen LogP contribution is 2.37. The predicted octanol–water partition coefficient (Wildman–Crippen LogP) is 2.84. The molecule has 0 bridgehead atoms. The molecular weight excluding hydrogens is 274 g/mol. The van der Waals surface area contributed by atoms with Crippen LogP contribution in [0.3, 0.4) is 0 Å². The highest BCUT2D eigenvalue weighted by Gasteiger charge is 2.30. The molecule has 114 valence electrons. The summed E-state index contributed by atoms with van der Waals surface area (Å²) >= 11 is 0. The third-order valence-electron chi connectivity index (χ3n) is 4.41. The molecule has 0 saturated carbocycles. The number of fused-ring (bicyclic) bond motifs is 1. The van der Waals surface area contributed by atoms with Crippen LogP contribution in [0.25, 0.3) is 0 Å². The Morgan fingerprint density at radius 3 is 2.45 bits per heavy atom. The van der Waals surface area contributed by atoms with Crippen molar-refractivity contribution in [1.82, 2.24) is 4.90 Å². The Labute approximate surface area is 131 Å². The fraction of sp³-hybridized carbons (Fsp3) is 0.316. The van der Waals surface area contributed by atoms with Crippen LogP contribution in [0, 0.1) is 5.92 Å². The molecule has 2 unspecified atom stereocenters. The second kappa shape index (κ2) is 5.93. The van der Waals surface area contributed by atoms with Gasteiger partial charge >= 0.3 is 0 Å². The summed E-state index contributed by atoms with van der Waals surface area (Å²) in [5, 5.41) is 10.5. The van der Waals surface area contributed by atoms with Crippen molar-refractivity contribution in [1.29, 1.82) is 0 Å². The number of hydrogen-bond donors (Lipinski definition) is 1. The third kappa shape index (κ3) is 2.77. The first-order chi connectivity index (χ1) is 10.6. The van der Waals surface area contributed by atoms with Gasteiger partial charge in [-0.1, -0.05) is 36.4 Å². The van der Waals surface area contributed by atoms with Crippen LogP contribution >= 0.6 is 0 Å². The maximum absolute atomic E-state index is 11.9. The number of carbonyl (C=O) groups is 1. The Kier molecular flexibility index (Phi) is 3.99. The first-order valence-corrected chi connectivity index (χ1v) is 7.62. The van der Waals surface area contributed by atoms with Crippen LogP contribution in [0.2, 0.25) is 0 Å². The van der Waals surface area contributed by atoms with Crippen LogP contribution in [0.15, 0.2) is 48.5 Å². The van der Waals surface area contributed by atoms with E-state index in [1.165, 1.54) is 5.56 Å². The quantitative estimate of drug-likeness (QED) is 0.946. The SMILES string of the molecule is CN(C)C(=O)c1ccc(CC2Cc3ccccc3C2O)cc1. The molecule has 1 aliphatic carbocycles. The molecule has 0 radical (unpaired) electrons. The summed E-state index contributed by atoms with van der Waals surface area (Å²) in [4.78, 5) is 13.5. The lowest BCUT2D eigenvalue weighted by atomic mass is 9.94. The largest absolute Gasteiger partial charge is 0.388 e. The smallest absolute Gasteiger partial charge is 0.253 e. The van der Waals surface area contributed by atoms with Gasteiger partial charge in [0, 0.05) is 19.7 Å². The normalized spacial score (nSPS) is 19.8. The Hall–Kier alpha value is -2.13. The fourth-order valence-electron chi connectivity index (χ4n) is 3.18. The molecule has 3 heteroatoms. The zero-order valence-electron chi connectivity index (χ0n) is 13.0. The van der Waals surface area contributed by atoms with Crippen molar-refractivity contribution in [2.75, 3.05) is 14.1 Å². The van der Waals surface area contributed by atoms with Crippen molar-refractivity contribution in [3.05, 3.63) is 70.8 Å². The molecule has 1 amide bonds. The van der Waals surface area contributed by atoms with E-state index in [2.05, 4.69) is 6.07 Å². The molecule has 1 aliphatic rings. The maximum atomic E-state index is 11.9. The van der Waals surface area contributed by atoms with E-state index in [1.807, 2.05) is 42.5 Å². The lowest BCUT2D eigenvalue weighted by molar-refractivity contribution is 0.0827. The lowest BCUT2D eigenvalue weighted by Crippen LogP contribution is -2.21. The summed E-state index contributed by atoms with van der Waals surface area (Å²) in [6.45, 7) is 0. The standard InChI is InChI=1S/C19H21NO2/c1-20(2)19(22)14-9-7-13(8-10-14)11-16-12-15-5-3-4-6-17(15)18(16)21/h3-10,16,18,21H,11-12H2,1-2H3. The van der Waals surface area contributed by atoms with Gasteiger partial charge in [-0.05, 0) is 47.6 Å². The zero-order valence-corrected chi connectivity index (χ0v) is 13.0. The van der Waals surface area contributed by atoms with Crippen LogP contribution in [0.4, 0.5) is 0 Å². The molecule has 3 nitrogen and oxygen atoms in total. The zero-order chi connectivity index (χ0) is 15.7. The third-order valence-corrected chi connectivity index (χ3v) is 4.41. The number of benzene rings is 2. The second-order valence-corrected chi connectivity index (χ2v) is 6.21. The maximum Gasteiger partial charge on any atom is 0.253 e. The van der Waals surface area contributed by atoms with Crippen molar-refractivity contribution in [3.8, 4) is 0 Å². The molecule has 0 heterocycles. The summed E-state index contributed by atoms with van der Waals surface area (Å²) in [5.74, 6) is 0.229. The number of aliphatic hydroxyl groups is 1. The van der Waals surface area contributed by atoms with Gasteiger partial charge in [0.15, 0.2) is 0 Å². The van der Waals surface area contributed by atoms with E-state index in [-0.39, 0.29) is 17.9 Å². The average Bonchev–Trinajstić information content (AvgIpc) is 2.84. The molecule has 2 aromatic rings. The van der Waals surface area contributed by atoms with Gasteiger partial charge in [0.25, 0.3) is 5.91 Å². The van der Waals surface area contributed by atoms with Gasteiger partial charge in [-0.2, -0.15) is 0 Å². The summed E-state index contributed by atoms with van der Waals surface area (Å²) in [6.07, 6.45) is 1.35. The monoisotopic (exact) mass is 295 g/mol. The van der Waals surface area contributed by atoms with Crippen molar-refractivity contribution in [3.63, 3.8) is 0 Å². The van der Waals surface area contributed by atoms with Crippen LogP contribution in [-0.4, -0.2) is 30.0 Å².